The first-order valence-electron chi connectivity index (χ1n) is 9.82. The smallest absolute Gasteiger partial charge is 0.431 e. The van der Waals surface area contributed by atoms with Gasteiger partial charge in [0, 0.05) is 7.11 Å². The summed E-state index contributed by atoms with van der Waals surface area (Å²) < 4.78 is 16.4. The van der Waals surface area contributed by atoms with Gasteiger partial charge in [0.15, 0.2) is 0 Å². The van der Waals surface area contributed by atoms with Gasteiger partial charge in [-0.1, -0.05) is 23.8 Å². The molecule has 1 aliphatic heterocycles. The van der Waals surface area contributed by atoms with E-state index in [0.717, 1.165) is 29.5 Å². The maximum Gasteiger partial charge on any atom is 0.513 e. The van der Waals surface area contributed by atoms with E-state index in [9.17, 15) is 9.59 Å². The second-order valence-electron chi connectivity index (χ2n) is 8.01. The molecule has 6 nitrogen and oxygen atoms in total. The van der Waals surface area contributed by atoms with Crippen LogP contribution in [-0.2, 0) is 19.0 Å². The summed E-state index contributed by atoms with van der Waals surface area (Å²) in [5.74, 6) is 0.170. The molecule has 1 fully saturated rings. The van der Waals surface area contributed by atoms with E-state index in [0.29, 0.717) is 24.2 Å². The summed E-state index contributed by atoms with van der Waals surface area (Å²) in [6.07, 6.45) is 1.92. The van der Waals surface area contributed by atoms with E-state index in [2.05, 4.69) is 5.32 Å². The topological polar surface area (TPSA) is 73.9 Å². The van der Waals surface area contributed by atoms with E-state index < -0.39 is 11.7 Å². The van der Waals surface area contributed by atoms with Crippen molar-refractivity contribution >= 4 is 17.6 Å². The molecule has 0 radical (unpaired) electrons. The lowest BCUT2D eigenvalue weighted by Gasteiger charge is -2.37. The number of ether oxygens (including phenoxy) is 3. The van der Waals surface area contributed by atoms with Crippen LogP contribution in [0.3, 0.4) is 0 Å². The van der Waals surface area contributed by atoms with Crippen LogP contribution >= 0.6 is 0 Å². The summed E-state index contributed by atoms with van der Waals surface area (Å²) in [7, 11) is 1.70. The average molecular weight is 387 g/mol. The van der Waals surface area contributed by atoms with Gasteiger partial charge in [0.1, 0.15) is 5.76 Å². The molecule has 28 heavy (non-hydrogen) atoms. The standard InChI is InChI=1S/C22H29NO5/c1-13(2)27-21(25)28-19-18(17-12-14(3)6-7-15(17)4)20(24)23-22(19)10-8-16(26-5)9-11-22/h6-7,12-13,16H,8-11H2,1-5H3,(H,23,24). The molecule has 2 aliphatic rings. The van der Waals surface area contributed by atoms with Crippen molar-refractivity contribution in [1.82, 2.24) is 5.32 Å². The predicted molar refractivity (Wildman–Crippen MR) is 106 cm³/mol. The zero-order valence-corrected chi connectivity index (χ0v) is 17.3. The van der Waals surface area contributed by atoms with Crippen LogP contribution < -0.4 is 5.32 Å². The number of nitrogens with one attached hydrogen (secondary N) is 1. The van der Waals surface area contributed by atoms with Crippen molar-refractivity contribution in [3.8, 4) is 0 Å². The Morgan fingerprint density at radius 3 is 2.50 bits per heavy atom. The minimum Gasteiger partial charge on any atom is -0.431 e. The third kappa shape index (κ3) is 3.92. The summed E-state index contributed by atoms with van der Waals surface area (Å²) in [6.45, 7) is 7.45. The van der Waals surface area contributed by atoms with Crippen LogP contribution in [0.2, 0.25) is 0 Å². The van der Waals surface area contributed by atoms with Gasteiger partial charge in [-0.3, -0.25) is 4.79 Å². The fraction of sp³-hybridized carbons (Fsp3) is 0.545. The highest BCUT2D eigenvalue weighted by Gasteiger charge is 2.50. The predicted octanol–water partition coefficient (Wildman–Crippen LogP) is 4.03. The van der Waals surface area contributed by atoms with Crippen LogP contribution in [0.25, 0.3) is 5.57 Å². The van der Waals surface area contributed by atoms with Crippen molar-refractivity contribution in [2.75, 3.05) is 7.11 Å². The molecule has 1 spiro atoms. The lowest BCUT2D eigenvalue weighted by atomic mass is 9.79. The lowest BCUT2D eigenvalue weighted by molar-refractivity contribution is -0.116. The van der Waals surface area contributed by atoms with Crippen LogP contribution in [0.4, 0.5) is 4.79 Å². The molecule has 1 amide bonds. The molecule has 152 valence electrons. The number of carbonyl (C=O) groups excluding carboxylic acids is 2. The molecule has 1 aliphatic carbocycles. The van der Waals surface area contributed by atoms with Crippen molar-refractivity contribution < 1.29 is 23.8 Å². The molecule has 0 bridgehead atoms. The molecule has 3 rings (SSSR count). The van der Waals surface area contributed by atoms with E-state index in [1.165, 1.54) is 0 Å². The van der Waals surface area contributed by atoms with Crippen LogP contribution in [0.1, 0.15) is 56.2 Å². The monoisotopic (exact) mass is 387 g/mol. The Morgan fingerprint density at radius 1 is 1.21 bits per heavy atom. The fourth-order valence-electron chi connectivity index (χ4n) is 4.05. The largest absolute Gasteiger partial charge is 0.513 e. The minimum absolute atomic E-state index is 0.149. The van der Waals surface area contributed by atoms with E-state index in [-0.39, 0.29) is 18.1 Å². The molecule has 0 atom stereocenters. The molecular weight excluding hydrogens is 358 g/mol. The SMILES string of the molecule is COC1CCC2(CC1)NC(=O)C(c1cc(C)ccc1C)=C2OC(=O)OC(C)C. The van der Waals surface area contributed by atoms with Gasteiger partial charge in [-0.25, -0.2) is 4.79 Å². The van der Waals surface area contributed by atoms with Crippen molar-refractivity contribution in [2.24, 2.45) is 0 Å². The second kappa shape index (κ2) is 7.95. The first-order valence-corrected chi connectivity index (χ1v) is 9.82. The number of hydrogen-bond donors (Lipinski definition) is 1. The molecular formula is C22H29NO5. The van der Waals surface area contributed by atoms with Gasteiger partial charge in [-0.05, 0) is 64.5 Å². The molecule has 1 aromatic carbocycles. The average Bonchev–Trinajstić information content (AvgIpc) is 2.88. The van der Waals surface area contributed by atoms with Crippen molar-refractivity contribution in [3.05, 3.63) is 40.6 Å². The Labute approximate surface area is 166 Å². The number of carbonyl (C=O) groups is 2. The van der Waals surface area contributed by atoms with Gasteiger partial charge in [-0.2, -0.15) is 0 Å². The summed E-state index contributed by atoms with van der Waals surface area (Å²) in [4.78, 5) is 25.4. The Hall–Kier alpha value is -2.34. The van der Waals surface area contributed by atoms with Crippen LogP contribution in [-0.4, -0.2) is 36.9 Å². The van der Waals surface area contributed by atoms with E-state index >= 15 is 0 Å². The normalized spacial score (nSPS) is 24.6. The molecule has 1 aromatic rings. The summed E-state index contributed by atoms with van der Waals surface area (Å²) >= 11 is 0. The highest BCUT2D eigenvalue weighted by atomic mass is 16.7. The van der Waals surface area contributed by atoms with Gasteiger partial charge in [0.05, 0.1) is 23.3 Å². The van der Waals surface area contributed by atoms with Crippen LogP contribution in [0, 0.1) is 13.8 Å². The Bertz CT molecular complexity index is 803. The molecule has 0 saturated heterocycles. The third-order valence-electron chi connectivity index (χ3n) is 5.54. The van der Waals surface area contributed by atoms with E-state index in [4.69, 9.17) is 14.2 Å². The Balaban J connectivity index is 2.07. The number of methoxy groups -OCH3 is 1. The molecule has 1 heterocycles. The number of benzene rings is 1. The quantitative estimate of drug-likeness (QED) is 0.790. The van der Waals surface area contributed by atoms with Crippen molar-refractivity contribution in [3.63, 3.8) is 0 Å². The number of amides is 1. The highest BCUT2D eigenvalue weighted by Crippen LogP contribution is 2.44. The van der Waals surface area contributed by atoms with Gasteiger partial charge in [0.2, 0.25) is 0 Å². The zero-order chi connectivity index (χ0) is 20.5. The maximum atomic E-state index is 13.0. The molecule has 1 saturated carbocycles. The van der Waals surface area contributed by atoms with Gasteiger partial charge in [0.25, 0.3) is 5.91 Å². The van der Waals surface area contributed by atoms with Crippen LogP contribution in [0.5, 0.6) is 0 Å². The highest BCUT2D eigenvalue weighted by molar-refractivity contribution is 6.23. The second-order valence-corrected chi connectivity index (χ2v) is 8.01. The number of rotatable bonds is 4. The van der Waals surface area contributed by atoms with Gasteiger partial charge < -0.3 is 19.5 Å². The Morgan fingerprint density at radius 2 is 1.89 bits per heavy atom. The van der Waals surface area contributed by atoms with Gasteiger partial charge in [-0.15, -0.1) is 0 Å². The molecule has 6 heteroatoms. The zero-order valence-electron chi connectivity index (χ0n) is 17.3. The molecule has 0 aromatic heterocycles. The minimum atomic E-state index is -0.780. The van der Waals surface area contributed by atoms with Gasteiger partial charge >= 0.3 is 6.16 Å². The summed E-state index contributed by atoms with van der Waals surface area (Å²) in [5, 5.41) is 3.12. The summed E-state index contributed by atoms with van der Waals surface area (Å²) in [6, 6.07) is 5.93. The first kappa shape index (κ1) is 20.4. The van der Waals surface area contributed by atoms with E-state index in [1.54, 1.807) is 21.0 Å². The van der Waals surface area contributed by atoms with Crippen molar-refractivity contribution in [1.29, 1.82) is 0 Å². The van der Waals surface area contributed by atoms with E-state index in [1.807, 2.05) is 32.0 Å². The summed E-state index contributed by atoms with van der Waals surface area (Å²) in [5.41, 5.74) is 2.51. The van der Waals surface area contributed by atoms with Crippen LogP contribution in [0.15, 0.2) is 24.0 Å². The Kier molecular flexibility index (Phi) is 5.79. The fourth-order valence-corrected chi connectivity index (χ4v) is 4.05. The van der Waals surface area contributed by atoms with Crippen molar-refractivity contribution in [2.45, 2.75) is 71.1 Å². The molecule has 0 unspecified atom stereocenters. The lowest BCUT2D eigenvalue weighted by Crippen LogP contribution is -2.49. The third-order valence-corrected chi connectivity index (χ3v) is 5.54. The number of hydrogen-bond acceptors (Lipinski definition) is 5. The maximum absolute atomic E-state index is 13.0. The number of aryl methyl sites for hydroxylation is 2. The first-order chi connectivity index (χ1) is 13.3. The molecule has 1 N–H and O–H groups in total.